The summed E-state index contributed by atoms with van der Waals surface area (Å²) in [5, 5.41) is 30.0. The van der Waals surface area contributed by atoms with Crippen LogP contribution in [-0.2, 0) is 9.59 Å². The molecule has 3 fully saturated rings. The van der Waals surface area contributed by atoms with Gasteiger partial charge in [0.05, 0.1) is 57.5 Å². The molecule has 9 rings (SSSR count). The Bertz CT molecular complexity index is 3140. The number of ether oxygens (including phenoxy) is 2. The topological polar surface area (TPSA) is 225 Å². The first-order valence-corrected chi connectivity index (χ1v) is 25.8. The molecule has 0 bridgehead atoms. The molecule has 5 heterocycles. The third-order valence-electron chi connectivity index (χ3n) is 14.5. The number of aromatic nitrogens is 3. The van der Waals surface area contributed by atoms with Crippen LogP contribution in [0, 0.1) is 34.5 Å². The second-order valence-electron chi connectivity index (χ2n) is 21.8. The number of likely N-dealkylation sites (tertiary alicyclic amines) is 1. The van der Waals surface area contributed by atoms with Crippen molar-refractivity contribution >= 4 is 63.5 Å². The molecule has 6 aromatic rings. The van der Waals surface area contributed by atoms with Crippen LogP contribution in [0.15, 0.2) is 89.1 Å². The largest absolute Gasteiger partial charge is 0.489 e. The number of amides is 4. The molecule has 19 heteroatoms. The number of fused-ring (bicyclic) bond motifs is 1. The lowest BCUT2D eigenvalue weighted by atomic mass is 9.49. The van der Waals surface area contributed by atoms with Gasteiger partial charge in [-0.05, 0) is 60.7 Å². The number of nitrogens with zero attached hydrogens (tertiary/aromatic N) is 6. The van der Waals surface area contributed by atoms with Gasteiger partial charge in [0.2, 0.25) is 17.8 Å². The van der Waals surface area contributed by atoms with E-state index < -0.39 is 52.2 Å². The predicted molar refractivity (Wildman–Crippen MR) is 280 cm³/mol. The van der Waals surface area contributed by atoms with Crippen LogP contribution in [0.2, 0.25) is 5.02 Å². The van der Waals surface area contributed by atoms with Gasteiger partial charge in [-0.3, -0.25) is 19.2 Å². The van der Waals surface area contributed by atoms with E-state index in [2.05, 4.69) is 37.0 Å². The smallest absolute Gasteiger partial charge is 0.287 e. The molecular formula is C55H60ClN9O8S. The SMILES string of the molecule is Cc1ncsc1-c1ccc([C@H](C)NC(=O)[C@@H]2C[C@@H](O)CN2C(=O)C(NC(=O)c2cc3ccc(OC4CN(c5ncc(C(=O)NC6C(C)(C)C(Oc7ccc(C#N)c(Cl)c7)C6(C)C)cn5)C4)cc3o2)C(C)(C)C)cc1. The lowest BCUT2D eigenvalue weighted by Crippen LogP contribution is -2.74. The number of nitrogens with one attached hydrogen (secondary N) is 3. The predicted octanol–water partition coefficient (Wildman–Crippen LogP) is 8.04. The molecule has 1 saturated carbocycles. The summed E-state index contributed by atoms with van der Waals surface area (Å²) in [5.74, 6) is -0.254. The number of nitriles is 1. The molecule has 1 unspecified atom stereocenters. The third-order valence-corrected chi connectivity index (χ3v) is 15.8. The number of hydrogen-bond acceptors (Lipinski definition) is 14. The highest BCUT2D eigenvalue weighted by Crippen LogP contribution is 2.55. The van der Waals surface area contributed by atoms with Gasteiger partial charge in [-0.1, -0.05) is 84.3 Å². The average molecular weight is 1040 g/mol. The van der Waals surface area contributed by atoms with Crippen molar-refractivity contribution < 1.29 is 38.2 Å². The van der Waals surface area contributed by atoms with Crippen molar-refractivity contribution in [1.29, 1.82) is 5.26 Å². The maximum absolute atomic E-state index is 14.4. The van der Waals surface area contributed by atoms with E-state index in [-0.39, 0.29) is 48.9 Å². The van der Waals surface area contributed by atoms with Crippen LogP contribution in [0.3, 0.4) is 0 Å². The highest BCUT2D eigenvalue weighted by atomic mass is 35.5. The number of β-amino-alcohol motifs (C(OH)–C–C–N with tert-alkyl or cyclic N) is 1. The number of carbonyl (C=O) groups is 4. The quantitative estimate of drug-likeness (QED) is 0.0812. The Morgan fingerprint density at radius 3 is 2.22 bits per heavy atom. The van der Waals surface area contributed by atoms with Gasteiger partial charge in [-0.25, -0.2) is 15.0 Å². The van der Waals surface area contributed by atoms with E-state index in [4.69, 9.17) is 25.5 Å². The Hall–Kier alpha value is -7.07. The second-order valence-corrected chi connectivity index (χ2v) is 23.1. The number of furan rings is 1. The monoisotopic (exact) mass is 1040 g/mol. The van der Waals surface area contributed by atoms with Crippen molar-refractivity contribution in [3.05, 3.63) is 118 Å². The van der Waals surface area contributed by atoms with Crippen molar-refractivity contribution in [1.82, 2.24) is 35.8 Å². The van der Waals surface area contributed by atoms with Crippen LogP contribution >= 0.6 is 22.9 Å². The van der Waals surface area contributed by atoms with Gasteiger partial charge in [0, 0.05) is 59.8 Å². The molecule has 2 saturated heterocycles. The Morgan fingerprint density at radius 2 is 1.58 bits per heavy atom. The van der Waals surface area contributed by atoms with E-state index in [1.54, 1.807) is 53.8 Å². The van der Waals surface area contributed by atoms with Crippen LogP contribution in [0.1, 0.15) is 106 Å². The zero-order chi connectivity index (χ0) is 53.0. The zero-order valence-electron chi connectivity index (χ0n) is 42.7. The summed E-state index contributed by atoms with van der Waals surface area (Å²) in [5.41, 5.74) is 4.13. The minimum absolute atomic E-state index is 0.00634. The zero-order valence-corrected chi connectivity index (χ0v) is 44.3. The van der Waals surface area contributed by atoms with E-state index >= 15 is 0 Å². The molecule has 1 aliphatic carbocycles. The molecule has 0 spiro atoms. The minimum atomic E-state index is -1.06. The van der Waals surface area contributed by atoms with Crippen molar-refractivity contribution in [2.45, 2.75) is 111 Å². The number of hydrogen-bond donors (Lipinski definition) is 4. The lowest BCUT2D eigenvalue weighted by Gasteiger charge is -2.63. The summed E-state index contributed by atoms with van der Waals surface area (Å²) in [6.07, 6.45) is 1.72. The van der Waals surface area contributed by atoms with Crippen LogP contribution < -0.4 is 30.3 Å². The number of aliphatic hydroxyl groups excluding tert-OH is 1. The van der Waals surface area contributed by atoms with E-state index in [1.165, 1.54) is 17.3 Å². The molecule has 3 aromatic carbocycles. The van der Waals surface area contributed by atoms with E-state index in [0.717, 1.165) is 21.7 Å². The van der Waals surface area contributed by atoms with Crippen molar-refractivity contribution in [2.75, 3.05) is 24.5 Å². The maximum Gasteiger partial charge on any atom is 0.287 e. The fraction of sp³-hybridized carbons (Fsp3) is 0.418. The van der Waals surface area contributed by atoms with E-state index in [1.807, 2.05) is 97.0 Å². The summed E-state index contributed by atoms with van der Waals surface area (Å²) in [4.78, 5) is 73.2. The maximum atomic E-state index is 14.4. The molecule has 4 N–H and O–H groups in total. The number of carbonyl (C=O) groups excluding carboxylic acids is 4. The molecule has 17 nitrogen and oxygen atoms in total. The number of benzene rings is 3. The number of thiazole rings is 1. The fourth-order valence-electron chi connectivity index (χ4n) is 10.7. The Balaban J connectivity index is 0.771. The lowest BCUT2D eigenvalue weighted by molar-refractivity contribution is -0.164. The summed E-state index contributed by atoms with van der Waals surface area (Å²) in [6, 6.07) is 19.2. The molecule has 386 valence electrons. The van der Waals surface area contributed by atoms with Gasteiger partial charge >= 0.3 is 0 Å². The van der Waals surface area contributed by atoms with E-state index in [9.17, 15) is 29.5 Å². The Labute approximate surface area is 438 Å². The van der Waals surface area contributed by atoms with Gasteiger partial charge < -0.3 is 44.7 Å². The standard InChI is InChI=1S/C55H60ClN9O8S/c1-29(31-10-12-32(13-11-31)44-30(2)60-28-74-44)61-47(68)41-19-36(66)25-65(41)49(70)45(53(3,4)5)62-48(69)43-18-33-14-16-38(21-42(33)73-43)71-39-26-64(27-39)52-58-23-35(24-59-52)46(67)63-50-54(6,7)51(55(50,8)9)72-37-17-15-34(22-57)40(56)20-37/h10-18,20-21,23-24,28-29,36,39,41,45,50-51,66H,19,25-27H2,1-9H3,(H,61,68)(H,62,69)(H,63,67)/t29-,36+,41-,45?,50?,51?/m0/s1. The minimum Gasteiger partial charge on any atom is -0.489 e. The van der Waals surface area contributed by atoms with Crippen LogP contribution in [0.4, 0.5) is 5.95 Å². The first kappa shape index (κ1) is 51.8. The van der Waals surface area contributed by atoms with E-state index in [0.29, 0.717) is 57.7 Å². The molecule has 3 aromatic heterocycles. The highest BCUT2D eigenvalue weighted by Gasteiger charge is 2.64. The summed E-state index contributed by atoms with van der Waals surface area (Å²) in [7, 11) is 0. The molecule has 4 amide bonds. The number of aliphatic hydroxyl groups is 1. The number of aryl methyl sites for hydroxylation is 1. The summed E-state index contributed by atoms with van der Waals surface area (Å²) < 4.78 is 18.6. The molecule has 0 radical (unpaired) electrons. The molecule has 74 heavy (non-hydrogen) atoms. The Morgan fingerprint density at radius 1 is 0.905 bits per heavy atom. The van der Waals surface area contributed by atoms with Crippen molar-refractivity contribution in [2.24, 2.45) is 16.2 Å². The highest BCUT2D eigenvalue weighted by molar-refractivity contribution is 7.13. The van der Waals surface area contributed by atoms with Crippen LogP contribution in [-0.4, -0.2) is 105 Å². The van der Waals surface area contributed by atoms with Crippen LogP contribution in [0.25, 0.3) is 21.4 Å². The van der Waals surface area contributed by atoms with Gasteiger partial charge in [-0.2, -0.15) is 5.26 Å². The normalized spacial score (nSPS) is 20.9. The van der Waals surface area contributed by atoms with Gasteiger partial charge in [0.25, 0.3) is 11.8 Å². The molecule has 3 aliphatic rings. The average Bonchev–Trinajstić information content (AvgIpc) is 4.10. The Kier molecular flexibility index (Phi) is 14.0. The molecular weight excluding hydrogens is 982 g/mol. The molecule has 4 atom stereocenters. The molecule has 2 aliphatic heterocycles. The summed E-state index contributed by atoms with van der Waals surface area (Å²) in [6.45, 7) is 18.4. The van der Waals surface area contributed by atoms with Crippen LogP contribution in [0.5, 0.6) is 11.5 Å². The first-order valence-electron chi connectivity index (χ1n) is 24.6. The first-order chi connectivity index (χ1) is 35.0. The van der Waals surface area contributed by atoms with Gasteiger partial charge in [0.1, 0.15) is 47.4 Å². The van der Waals surface area contributed by atoms with Crippen molar-refractivity contribution in [3.63, 3.8) is 0 Å². The van der Waals surface area contributed by atoms with Gasteiger partial charge in [-0.15, -0.1) is 11.3 Å². The number of rotatable bonds is 14. The van der Waals surface area contributed by atoms with Gasteiger partial charge in [0.15, 0.2) is 5.76 Å². The number of halogens is 1. The second kappa shape index (κ2) is 20.0. The number of anilines is 1. The summed E-state index contributed by atoms with van der Waals surface area (Å²) >= 11 is 7.82. The van der Waals surface area contributed by atoms with Crippen molar-refractivity contribution in [3.8, 4) is 28.0 Å². The fourth-order valence-corrected chi connectivity index (χ4v) is 11.7. The third kappa shape index (κ3) is 10.2.